The highest BCUT2D eigenvalue weighted by molar-refractivity contribution is 7.89. The van der Waals surface area contributed by atoms with E-state index in [2.05, 4.69) is 15.3 Å². The standard InChI is InChI=1S/C25H25N5O3S/c1-17-13-18(2)30-16-22(28-25(30)27-17)14-26-24(31)20-7-9-23(10-8-20)34(32,33)29-12-11-19-5-3-4-6-21(19)15-29/h3-10,13,16H,11-12,14-15H2,1-2H3,(H,26,31). The lowest BCUT2D eigenvalue weighted by atomic mass is 10.0. The number of sulfonamides is 1. The molecule has 0 fully saturated rings. The Kier molecular flexibility index (Phi) is 5.66. The summed E-state index contributed by atoms with van der Waals surface area (Å²) in [5.41, 5.74) is 5.20. The van der Waals surface area contributed by atoms with Gasteiger partial charge in [-0.3, -0.25) is 9.20 Å². The second-order valence-corrected chi connectivity index (χ2v) is 10.4. The van der Waals surface area contributed by atoms with Crippen LogP contribution in [0.3, 0.4) is 0 Å². The number of imidazole rings is 1. The maximum Gasteiger partial charge on any atom is 0.251 e. The van der Waals surface area contributed by atoms with Crippen LogP contribution in [0.4, 0.5) is 0 Å². The van der Waals surface area contributed by atoms with Crippen LogP contribution in [-0.4, -0.2) is 39.5 Å². The molecule has 1 aliphatic rings. The van der Waals surface area contributed by atoms with Gasteiger partial charge in [0.2, 0.25) is 15.8 Å². The third-order valence-corrected chi connectivity index (χ3v) is 7.95. The lowest BCUT2D eigenvalue weighted by Crippen LogP contribution is -2.36. The first-order valence-corrected chi connectivity index (χ1v) is 12.5. The molecule has 0 atom stereocenters. The largest absolute Gasteiger partial charge is 0.346 e. The van der Waals surface area contributed by atoms with E-state index in [4.69, 9.17) is 0 Å². The van der Waals surface area contributed by atoms with Crippen molar-refractivity contribution in [2.24, 2.45) is 0 Å². The second-order valence-electron chi connectivity index (χ2n) is 8.51. The number of aromatic nitrogens is 3. The summed E-state index contributed by atoms with van der Waals surface area (Å²) in [6.45, 7) is 4.93. The maximum atomic E-state index is 13.1. The van der Waals surface area contributed by atoms with E-state index in [1.165, 1.54) is 22.0 Å². The predicted octanol–water partition coefficient (Wildman–Crippen LogP) is 3.02. The van der Waals surface area contributed by atoms with E-state index in [-0.39, 0.29) is 17.3 Å². The summed E-state index contributed by atoms with van der Waals surface area (Å²) in [5.74, 6) is 0.297. The number of carbonyl (C=O) groups is 1. The number of hydrogen-bond donors (Lipinski definition) is 1. The van der Waals surface area contributed by atoms with Crippen LogP contribution in [0.1, 0.15) is 38.6 Å². The van der Waals surface area contributed by atoms with Crippen molar-refractivity contribution in [3.05, 3.63) is 94.6 Å². The Bertz CT molecular complexity index is 1490. The van der Waals surface area contributed by atoms with Gasteiger partial charge in [0, 0.05) is 36.2 Å². The number of rotatable bonds is 5. The molecule has 1 amide bonds. The molecule has 8 nitrogen and oxygen atoms in total. The van der Waals surface area contributed by atoms with E-state index < -0.39 is 10.0 Å². The first-order valence-electron chi connectivity index (χ1n) is 11.1. The number of aryl methyl sites for hydroxylation is 2. The van der Waals surface area contributed by atoms with Crippen LogP contribution in [0, 0.1) is 13.8 Å². The molecule has 2 aromatic carbocycles. The zero-order valence-corrected chi connectivity index (χ0v) is 19.8. The Morgan fingerprint density at radius 3 is 2.53 bits per heavy atom. The van der Waals surface area contributed by atoms with Gasteiger partial charge in [-0.1, -0.05) is 24.3 Å². The van der Waals surface area contributed by atoms with Crippen LogP contribution in [-0.2, 0) is 29.5 Å². The molecular weight excluding hydrogens is 450 g/mol. The molecule has 3 heterocycles. The van der Waals surface area contributed by atoms with Crippen LogP contribution in [0.2, 0.25) is 0 Å². The van der Waals surface area contributed by atoms with Gasteiger partial charge in [-0.2, -0.15) is 4.31 Å². The van der Waals surface area contributed by atoms with Gasteiger partial charge in [0.25, 0.3) is 5.91 Å². The van der Waals surface area contributed by atoms with E-state index >= 15 is 0 Å². The van der Waals surface area contributed by atoms with Gasteiger partial charge < -0.3 is 5.32 Å². The van der Waals surface area contributed by atoms with Gasteiger partial charge in [0.05, 0.1) is 17.1 Å². The Balaban J connectivity index is 1.26. The van der Waals surface area contributed by atoms with Crippen molar-refractivity contribution in [2.45, 2.75) is 38.3 Å². The molecular formula is C25H25N5O3S. The number of fused-ring (bicyclic) bond motifs is 2. The first-order chi connectivity index (χ1) is 16.3. The number of benzene rings is 2. The molecule has 174 valence electrons. The van der Waals surface area contributed by atoms with E-state index in [1.807, 2.05) is 54.8 Å². The predicted molar refractivity (Wildman–Crippen MR) is 128 cm³/mol. The van der Waals surface area contributed by atoms with Crippen molar-refractivity contribution >= 4 is 21.7 Å². The molecule has 9 heteroatoms. The molecule has 0 saturated heterocycles. The fraction of sp³-hybridized carbons (Fsp3) is 0.240. The summed E-state index contributed by atoms with van der Waals surface area (Å²) in [6.07, 6.45) is 2.54. The minimum absolute atomic E-state index is 0.181. The molecule has 0 spiro atoms. The fourth-order valence-corrected chi connectivity index (χ4v) is 5.70. The monoisotopic (exact) mass is 475 g/mol. The summed E-state index contributed by atoms with van der Waals surface area (Å²) in [7, 11) is -3.64. The fourth-order valence-electron chi connectivity index (χ4n) is 4.28. The third-order valence-electron chi connectivity index (χ3n) is 6.09. The normalized spacial score (nSPS) is 14.2. The molecule has 0 saturated carbocycles. The highest BCUT2D eigenvalue weighted by Gasteiger charge is 2.28. The molecule has 34 heavy (non-hydrogen) atoms. The lowest BCUT2D eigenvalue weighted by Gasteiger charge is -2.28. The molecule has 0 bridgehead atoms. The van der Waals surface area contributed by atoms with E-state index in [0.29, 0.717) is 36.5 Å². The zero-order valence-electron chi connectivity index (χ0n) is 19.0. The molecule has 0 aliphatic carbocycles. The van der Waals surface area contributed by atoms with E-state index in [1.54, 1.807) is 12.1 Å². The Hall–Kier alpha value is -3.56. The maximum absolute atomic E-state index is 13.1. The van der Waals surface area contributed by atoms with Gasteiger partial charge in [-0.05, 0) is 61.7 Å². The molecule has 0 unspecified atom stereocenters. The van der Waals surface area contributed by atoms with Crippen LogP contribution >= 0.6 is 0 Å². The van der Waals surface area contributed by atoms with Gasteiger partial charge in [0.15, 0.2) is 0 Å². The number of carbonyl (C=O) groups excluding carboxylic acids is 1. The van der Waals surface area contributed by atoms with Crippen molar-refractivity contribution in [3.8, 4) is 0 Å². The quantitative estimate of drug-likeness (QED) is 0.479. The number of hydrogen-bond acceptors (Lipinski definition) is 5. The van der Waals surface area contributed by atoms with Crippen molar-refractivity contribution in [3.63, 3.8) is 0 Å². The Morgan fingerprint density at radius 2 is 1.76 bits per heavy atom. The van der Waals surface area contributed by atoms with Gasteiger partial charge in [-0.15, -0.1) is 0 Å². The highest BCUT2D eigenvalue weighted by atomic mass is 32.2. The van der Waals surface area contributed by atoms with Crippen molar-refractivity contribution in [2.75, 3.05) is 6.54 Å². The number of nitrogens with one attached hydrogen (secondary N) is 1. The summed E-state index contributed by atoms with van der Waals surface area (Å²) >= 11 is 0. The number of amides is 1. The van der Waals surface area contributed by atoms with Gasteiger partial charge in [-0.25, -0.2) is 18.4 Å². The molecule has 0 radical (unpaired) electrons. The molecule has 1 N–H and O–H groups in total. The molecule has 2 aromatic heterocycles. The molecule has 5 rings (SSSR count). The van der Waals surface area contributed by atoms with Crippen molar-refractivity contribution < 1.29 is 13.2 Å². The SMILES string of the molecule is Cc1cc(C)n2cc(CNC(=O)c3ccc(S(=O)(=O)N4CCc5ccccc5C4)cc3)nc2n1. The van der Waals surface area contributed by atoms with Crippen LogP contribution in [0.5, 0.6) is 0 Å². The number of nitrogens with zero attached hydrogens (tertiary/aromatic N) is 4. The lowest BCUT2D eigenvalue weighted by molar-refractivity contribution is 0.0950. The molecule has 1 aliphatic heterocycles. The van der Waals surface area contributed by atoms with Crippen molar-refractivity contribution in [1.29, 1.82) is 0 Å². The third kappa shape index (κ3) is 4.20. The van der Waals surface area contributed by atoms with E-state index in [9.17, 15) is 13.2 Å². The molecule has 4 aromatic rings. The van der Waals surface area contributed by atoms with E-state index in [0.717, 1.165) is 17.0 Å². The Labute approximate surface area is 198 Å². The zero-order chi connectivity index (χ0) is 23.9. The smallest absolute Gasteiger partial charge is 0.251 e. The van der Waals surface area contributed by atoms with Crippen molar-refractivity contribution in [1.82, 2.24) is 24.0 Å². The van der Waals surface area contributed by atoms with Crippen LogP contribution < -0.4 is 5.32 Å². The topological polar surface area (TPSA) is 96.7 Å². The second kappa shape index (κ2) is 8.66. The summed E-state index contributed by atoms with van der Waals surface area (Å²) in [4.78, 5) is 21.7. The summed E-state index contributed by atoms with van der Waals surface area (Å²) < 4.78 is 29.6. The van der Waals surface area contributed by atoms with Crippen LogP contribution in [0.15, 0.2) is 65.7 Å². The summed E-state index contributed by atoms with van der Waals surface area (Å²) in [6, 6.07) is 15.9. The van der Waals surface area contributed by atoms with Gasteiger partial charge in [0.1, 0.15) is 0 Å². The average Bonchev–Trinajstić information content (AvgIpc) is 3.25. The Morgan fingerprint density at radius 1 is 1.03 bits per heavy atom. The first kappa shape index (κ1) is 22.2. The average molecular weight is 476 g/mol. The van der Waals surface area contributed by atoms with Gasteiger partial charge >= 0.3 is 0 Å². The summed E-state index contributed by atoms with van der Waals surface area (Å²) in [5, 5.41) is 2.84. The minimum atomic E-state index is -3.64. The highest BCUT2D eigenvalue weighted by Crippen LogP contribution is 2.25. The van der Waals surface area contributed by atoms with Crippen LogP contribution in [0.25, 0.3) is 5.78 Å². The minimum Gasteiger partial charge on any atom is -0.346 e.